The molecule has 0 amide bonds. The van der Waals surface area contributed by atoms with E-state index in [4.69, 9.17) is 19.2 Å². The van der Waals surface area contributed by atoms with Crippen LogP contribution >= 0.6 is 0 Å². The van der Waals surface area contributed by atoms with Gasteiger partial charge in [0.1, 0.15) is 6.10 Å². The van der Waals surface area contributed by atoms with Gasteiger partial charge < -0.3 is 9.47 Å². The van der Waals surface area contributed by atoms with Gasteiger partial charge in [-0.2, -0.15) is 0 Å². The van der Waals surface area contributed by atoms with Crippen molar-refractivity contribution in [1.82, 2.24) is 0 Å². The summed E-state index contributed by atoms with van der Waals surface area (Å²) in [6.45, 7) is 22.3. The summed E-state index contributed by atoms with van der Waals surface area (Å²) in [7, 11) is 0. The second-order valence-electron chi connectivity index (χ2n) is 14.1. The topological polar surface area (TPSA) is 105 Å². The van der Waals surface area contributed by atoms with Crippen LogP contribution < -0.4 is 0 Å². The fraction of sp³-hybridized carbons (Fsp3) is 0.784. The van der Waals surface area contributed by atoms with Gasteiger partial charge in [0.2, 0.25) is 11.6 Å². The minimum absolute atomic E-state index is 0.0384. The first-order chi connectivity index (χ1) is 20.9. The molecule has 254 valence electrons. The Morgan fingerprint density at radius 2 is 1.18 bits per heavy atom. The third-order valence-corrected chi connectivity index (χ3v) is 8.39. The number of rotatable bonds is 15. The van der Waals surface area contributed by atoms with Gasteiger partial charge in [-0.3, -0.25) is 9.59 Å². The molecule has 0 saturated carbocycles. The van der Waals surface area contributed by atoms with Gasteiger partial charge in [0.15, 0.2) is 11.4 Å². The molecule has 0 bridgehead atoms. The monoisotopic (exact) mass is 630 g/mol. The molecule has 1 aliphatic rings. The van der Waals surface area contributed by atoms with Gasteiger partial charge in [0.25, 0.3) is 0 Å². The maximum absolute atomic E-state index is 13.3. The van der Waals surface area contributed by atoms with E-state index in [9.17, 15) is 19.2 Å². The molecule has 0 aliphatic carbocycles. The predicted molar refractivity (Wildman–Crippen MR) is 174 cm³/mol. The van der Waals surface area contributed by atoms with Crippen LogP contribution in [0.4, 0.5) is 0 Å². The molecule has 1 heterocycles. The number of ketones is 2. The van der Waals surface area contributed by atoms with Gasteiger partial charge in [-0.15, -0.1) is 0 Å². The maximum Gasteiger partial charge on any atom is 0.389 e. The summed E-state index contributed by atoms with van der Waals surface area (Å²) in [6, 6.07) is 0. The molecule has 8 heteroatoms. The van der Waals surface area contributed by atoms with Gasteiger partial charge >= 0.3 is 11.9 Å². The van der Waals surface area contributed by atoms with Crippen molar-refractivity contribution in [3.05, 3.63) is 0 Å². The second kappa shape index (κ2) is 18.5. The zero-order chi connectivity index (χ0) is 34.5. The summed E-state index contributed by atoms with van der Waals surface area (Å²) in [6.07, 6.45) is 4.60. The van der Waals surface area contributed by atoms with Crippen molar-refractivity contribution in [1.29, 1.82) is 0 Å². The molecule has 1 fully saturated rings. The molecule has 0 N–H and O–H groups in total. The van der Waals surface area contributed by atoms with E-state index in [0.717, 1.165) is 25.7 Å². The predicted octanol–water partition coefficient (Wildman–Crippen LogP) is 7.27. The maximum atomic E-state index is 13.3. The van der Waals surface area contributed by atoms with Crippen molar-refractivity contribution in [2.24, 2.45) is 41.4 Å². The minimum atomic E-state index is -1.57. The molecule has 45 heavy (non-hydrogen) atoms. The molecule has 1 saturated heterocycles. The van der Waals surface area contributed by atoms with Crippen LogP contribution in [0.15, 0.2) is 0 Å². The zero-order valence-corrected chi connectivity index (χ0v) is 29.8. The van der Waals surface area contributed by atoms with Crippen LogP contribution in [0.25, 0.3) is 0 Å². The average Bonchev–Trinajstić information content (AvgIpc) is 3.22. The Balaban J connectivity index is 2.77. The lowest BCUT2D eigenvalue weighted by atomic mass is 9.83. The lowest BCUT2D eigenvalue weighted by molar-refractivity contribution is -0.276. The zero-order valence-electron chi connectivity index (χ0n) is 29.8. The third kappa shape index (κ3) is 13.3. The number of carbonyl (C=O) groups is 4. The number of hydrogen-bond acceptors (Lipinski definition) is 8. The van der Waals surface area contributed by atoms with Gasteiger partial charge in [-0.05, 0) is 76.6 Å². The molecule has 1 rings (SSSR count). The molecule has 8 nitrogen and oxygen atoms in total. The number of Topliss-reactive ketones (excluding diaryl/α,β-unsaturated/α-hetero) is 2. The molecule has 9 atom stereocenters. The van der Waals surface area contributed by atoms with E-state index in [0.29, 0.717) is 19.3 Å². The molecular formula is C37H58O8. The smallest absolute Gasteiger partial charge is 0.343 e. The second-order valence-corrected chi connectivity index (χ2v) is 14.1. The highest BCUT2D eigenvalue weighted by molar-refractivity contribution is 5.97. The summed E-state index contributed by atoms with van der Waals surface area (Å²) < 4.78 is 12.1. The molecular weight excluding hydrogens is 572 g/mol. The SMILES string of the molecule is CCCC(C)C#CC(=O)C(C)CC(C)CC(C)C(=O)OOC(=O)C1(C)OC(C)(C)OC1C(C)CC(C)C(=O)C#CC(C)CCC. The standard InChI is InChI=1S/C37H58O8/c1-13-15-24(3)17-19-31(38)27(6)21-26(5)22-30(9)34(40)43-44-35(41)37(12)33(42-36(10,11)45-37)29(8)23-28(7)32(39)20-18-25(4)16-14-2/h24-30,33H,13-16,21-23H2,1-12H3. The Morgan fingerprint density at radius 1 is 0.711 bits per heavy atom. The van der Waals surface area contributed by atoms with Crippen LogP contribution in [0.1, 0.15) is 128 Å². The van der Waals surface area contributed by atoms with Gasteiger partial charge in [0, 0.05) is 23.7 Å². The van der Waals surface area contributed by atoms with Crippen LogP contribution in [0.5, 0.6) is 0 Å². The van der Waals surface area contributed by atoms with Crippen LogP contribution in [0.3, 0.4) is 0 Å². The fourth-order valence-electron chi connectivity index (χ4n) is 6.01. The third-order valence-electron chi connectivity index (χ3n) is 8.39. The lowest BCUT2D eigenvalue weighted by Gasteiger charge is -2.30. The van der Waals surface area contributed by atoms with E-state index in [2.05, 4.69) is 37.5 Å². The van der Waals surface area contributed by atoms with Crippen molar-refractivity contribution in [2.75, 3.05) is 0 Å². The van der Waals surface area contributed by atoms with Crippen LogP contribution in [-0.4, -0.2) is 41.0 Å². The van der Waals surface area contributed by atoms with Crippen LogP contribution in [-0.2, 0) is 38.4 Å². The van der Waals surface area contributed by atoms with E-state index in [1.54, 1.807) is 27.7 Å². The van der Waals surface area contributed by atoms with E-state index < -0.39 is 35.3 Å². The Kier molecular flexibility index (Phi) is 16.6. The summed E-state index contributed by atoms with van der Waals surface area (Å²) in [5.74, 6) is 7.58. The normalized spacial score (nSPS) is 23.4. The highest BCUT2D eigenvalue weighted by Gasteiger charge is 2.58. The van der Waals surface area contributed by atoms with Crippen molar-refractivity contribution in [3.8, 4) is 23.7 Å². The molecule has 9 unspecified atom stereocenters. The Labute approximate surface area is 272 Å². The van der Waals surface area contributed by atoms with Crippen molar-refractivity contribution >= 4 is 23.5 Å². The van der Waals surface area contributed by atoms with Gasteiger partial charge in [-0.1, -0.05) is 87.0 Å². The first kappa shape index (κ1) is 40.3. The number of hydrogen-bond donors (Lipinski definition) is 0. The summed E-state index contributed by atoms with van der Waals surface area (Å²) in [4.78, 5) is 61.3. The average molecular weight is 631 g/mol. The summed E-state index contributed by atoms with van der Waals surface area (Å²) in [5.41, 5.74) is -1.57. The Bertz CT molecular complexity index is 1130. The molecule has 0 aromatic rings. The minimum Gasteiger partial charge on any atom is -0.343 e. The van der Waals surface area contributed by atoms with Crippen molar-refractivity contribution in [3.63, 3.8) is 0 Å². The fourth-order valence-corrected chi connectivity index (χ4v) is 6.01. The van der Waals surface area contributed by atoms with Crippen LogP contribution in [0, 0.1) is 65.1 Å². The largest absolute Gasteiger partial charge is 0.389 e. The molecule has 0 aromatic heterocycles. The highest BCUT2D eigenvalue weighted by Crippen LogP contribution is 2.42. The van der Waals surface area contributed by atoms with Crippen LogP contribution in [0.2, 0.25) is 0 Å². The van der Waals surface area contributed by atoms with Gasteiger partial charge in [-0.25, -0.2) is 19.4 Å². The summed E-state index contributed by atoms with van der Waals surface area (Å²) in [5, 5.41) is 0. The van der Waals surface area contributed by atoms with E-state index in [-0.39, 0.29) is 47.1 Å². The van der Waals surface area contributed by atoms with Gasteiger partial charge in [0.05, 0.1) is 5.92 Å². The molecule has 0 aromatic carbocycles. The first-order valence-corrected chi connectivity index (χ1v) is 16.8. The molecule has 0 spiro atoms. The first-order valence-electron chi connectivity index (χ1n) is 16.8. The number of ether oxygens (including phenoxy) is 2. The lowest BCUT2D eigenvalue weighted by Crippen LogP contribution is -2.49. The van der Waals surface area contributed by atoms with E-state index in [1.165, 1.54) is 0 Å². The Hall–Kier alpha value is -2.68. The van der Waals surface area contributed by atoms with E-state index in [1.807, 2.05) is 41.5 Å². The number of carbonyl (C=O) groups excluding carboxylic acids is 4. The Morgan fingerprint density at radius 3 is 1.67 bits per heavy atom. The molecule has 1 aliphatic heterocycles. The highest BCUT2D eigenvalue weighted by atomic mass is 17.2. The van der Waals surface area contributed by atoms with E-state index >= 15 is 0 Å². The van der Waals surface area contributed by atoms with Crippen molar-refractivity contribution in [2.45, 2.75) is 146 Å². The van der Waals surface area contributed by atoms with Crippen molar-refractivity contribution < 1.29 is 38.4 Å². The quantitative estimate of drug-likeness (QED) is 0.0806. The molecule has 0 radical (unpaired) electrons. The summed E-state index contributed by atoms with van der Waals surface area (Å²) >= 11 is 0.